The minimum absolute atomic E-state index is 0. The van der Waals surface area contributed by atoms with Gasteiger partial charge in [0.25, 0.3) is 0 Å². The number of thiophene rings is 1. The van der Waals surface area contributed by atoms with Crippen LogP contribution in [0, 0.1) is 30.2 Å². The Hall–Kier alpha value is -3.18. The number of hydrogen-bond donors (Lipinski definition) is 1. The third-order valence-electron chi connectivity index (χ3n) is 10.1. The third kappa shape index (κ3) is 8.14. The molecule has 4 nitrogen and oxygen atoms in total. The van der Waals surface area contributed by atoms with Crippen molar-refractivity contribution >= 4 is 38.1 Å². The number of nitrogens with zero attached hydrogens (tertiary/aromatic N) is 2. The van der Waals surface area contributed by atoms with Gasteiger partial charge in [0, 0.05) is 64.3 Å². The summed E-state index contributed by atoms with van der Waals surface area (Å²) in [6, 6.07) is 21.5. The number of aryl methyl sites for hydroxylation is 1. The molecule has 0 amide bonds. The van der Waals surface area contributed by atoms with Crippen LogP contribution >= 0.6 is 11.3 Å². The average molecular weight is 866 g/mol. The zero-order valence-corrected chi connectivity index (χ0v) is 34.7. The Morgan fingerprint density at radius 3 is 2.24 bits per heavy atom. The van der Waals surface area contributed by atoms with Gasteiger partial charge < -0.3 is 5.11 Å². The predicted molar refractivity (Wildman–Crippen MR) is 209 cm³/mol. The Morgan fingerprint density at radius 2 is 1.60 bits per heavy atom. The molecule has 1 N–H and O–H groups in total. The molecular formula is C44H53IrN2O2S-. The quantitative estimate of drug-likeness (QED) is 0.0911. The van der Waals surface area contributed by atoms with Gasteiger partial charge in [0.05, 0.1) is 11.3 Å². The summed E-state index contributed by atoms with van der Waals surface area (Å²) in [5.74, 6) is 0.547. The summed E-state index contributed by atoms with van der Waals surface area (Å²) in [5.41, 5.74) is 10.0. The van der Waals surface area contributed by atoms with Crippen LogP contribution in [-0.2, 0) is 36.7 Å². The van der Waals surface area contributed by atoms with Gasteiger partial charge >= 0.3 is 0 Å². The molecular weight excluding hydrogens is 813 g/mol. The number of rotatable bonds is 9. The molecule has 2 heterocycles. The fraction of sp³-hybridized carbons (Fsp3) is 0.432. The van der Waals surface area contributed by atoms with Crippen LogP contribution in [0.4, 0.5) is 0 Å². The first-order valence-corrected chi connectivity index (χ1v) is 18.8. The number of carbonyl (C=O) groups is 1. The van der Waals surface area contributed by atoms with E-state index in [1.165, 1.54) is 44.2 Å². The zero-order valence-electron chi connectivity index (χ0n) is 31.5. The van der Waals surface area contributed by atoms with Crippen molar-refractivity contribution in [3.8, 4) is 21.7 Å². The van der Waals surface area contributed by atoms with Crippen LogP contribution in [0.5, 0.6) is 0 Å². The maximum Gasteiger partial charge on any atom is 0.162 e. The van der Waals surface area contributed by atoms with E-state index in [2.05, 4.69) is 96.1 Å². The molecule has 0 unspecified atom stereocenters. The molecule has 1 radical (unpaired) electrons. The Kier molecular flexibility index (Phi) is 12.7. The molecule has 1 aliphatic carbocycles. The third-order valence-corrected chi connectivity index (χ3v) is 11.3. The number of ketones is 1. The Bertz CT molecular complexity index is 2010. The fourth-order valence-electron chi connectivity index (χ4n) is 7.25. The van der Waals surface area contributed by atoms with E-state index in [1.807, 2.05) is 39.0 Å². The second-order valence-electron chi connectivity index (χ2n) is 15.4. The smallest absolute Gasteiger partial charge is 0.162 e. The maximum absolute atomic E-state index is 11.7. The van der Waals surface area contributed by atoms with Crippen molar-refractivity contribution in [2.24, 2.45) is 17.3 Å². The first-order chi connectivity index (χ1) is 23.2. The summed E-state index contributed by atoms with van der Waals surface area (Å²) >= 11 is 1.84. The van der Waals surface area contributed by atoms with Gasteiger partial charge in [-0.05, 0) is 61.1 Å². The Morgan fingerprint density at radius 1 is 0.940 bits per heavy atom. The molecule has 0 aliphatic heterocycles. The normalized spacial score (nSPS) is 13.6. The van der Waals surface area contributed by atoms with Gasteiger partial charge in [0.1, 0.15) is 6.33 Å². The standard InChI is InChI=1S/C31H29N2S.C13H24O2.Ir/c1-18-7-9-20-10-11-21(15-22(20)13-18)26-29-27(33-17-32-26)25-28(34-29)23-14-19(16-30(2,3)4)8-12-24(23)31(25,5)6;1-5-10(6-2)12(14)9-13(15)11(7-3)8-4;/h7-14,17H,16H2,1-6H3;9-11,14H,5-8H2,1-4H3;/q-1;;/b;12-9-;. The fourth-order valence-corrected chi connectivity index (χ4v) is 8.70. The molecule has 0 fully saturated rings. The topological polar surface area (TPSA) is 63.1 Å². The van der Waals surface area contributed by atoms with E-state index in [9.17, 15) is 9.90 Å². The number of aliphatic hydroxyl groups is 1. The molecule has 6 rings (SSSR count). The molecule has 3 aromatic carbocycles. The van der Waals surface area contributed by atoms with Crippen LogP contribution in [0.25, 0.3) is 42.7 Å². The number of aromatic nitrogens is 2. The van der Waals surface area contributed by atoms with Gasteiger partial charge in [-0.25, -0.2) is 4.98 Å². The van der Waals surface area contributed by atoms with Crippen molar-refractivity contribution in [2.45, 2.75) is 107 Å². The van der Waals surface area contributed by atoms with Gasteiger partial charge in [0.15, 0.2) is 5.78 Å². The zero-order chi connectivity index (χ0) is 35.7. The minimum Gasteiger partial charge on any atom is -0.512 e. The van der Waals surface area contributed by atoms with Gasteiger partial charge in [0.2, 0.25) is 0 Å². The Balaban J connectivity index is 0.000000301. The van der Waals surface area contributed by atoms with Crippen LogP contribution in [0.3, 0.4) is 0 Å². The molecule has 2 aromatic heterocycles. The number of benzene rings is 3. The van der Waals surface area contributed by atoms with Crippen LogP contribution in [0.15, 0.2) is 66.7 Å². The summed E-state index contributed by atoms with van der Waals surface area (Å²) in [6.07, 6.45) is 7.70. The second kappa shape index (κ2) is 16.0. The van der Waals surface area contributed by atoms with E-state index in [-0.39, 0.29) is 54.3 Å². The van der Waals surface area contributed by atoms with Crippen LogP contribution in [0.1, 0.15) is 110 Å². The summed E-state index contributed by atoms with van der Waals surface area (Å²) in [6.45, 7) is 21.8. The van der Waals surface area contributed by atoms with Crippen molar-refractivity contribution in [3.63, 3.8) is 0 Å². The predicted octanol–water partition coefficient (Wildman–Crippen LogP) is 12.4. The summed E-state index contributed by atoms with van der Waals surface area (Å²) < 4.78 is 1.16. The number of aliphatic hydroxyl groups excluding tert-OH is 1. The molecule has 0 bridgehead atoms. The summed E-state index contributed by atoms with van der Waals surface area (Å²) in [5, 5.41) is 12.1. The maximum atomic E-state index is 11.7. The second-order valence-corrected chi connectivity index (χ2v) is 16.4. The molecule has 0 saturated carbocycles. The number of allylic oxidation sites excluding steroid dienone is 2. The molecule has 0 spiro atoms. The number of fused-ring (bicyclic) bond motifs is 6. The average Bonchev–Trinajstić information content (AvgIpc) is 3.55. The van der Waals surface area contributed by atoms with Gasteiger partial charge in [-0.1, -0.05) is 109 Å². The molecule has 267 valence electrons. The molecule has 6 heteroatoms. The minimum atomic E-state index is -0.0843. The molecule has 1 aliphatic rings. The van der Waals surface area contributed by atoms with Gasteiger partial charge in [-0.2, -0.15) is 0 Å². The van der Waals surface area contributed by atoms with E-state index >= 15 is 0 Å². The van der Waals surface area contributed by atoms with Crippen molar-refractivity contribution in [1.29, 1.82) is 0 Å². The van der Waals surface area contributed by atoms with Crippen molar-refractivity contribution in [3.05, 3.63) is 95.0 Å². The number of hydrogen-bond acceptors (Lipinski definition) is 5. The van der Waals surface area contributed by atoms with Crippen LogP contribution in [-0.4, -0.2) is 20.9 Å². The van der Waals surface area contributed by atoms with Crippen molar-refractivity contribution in [1.82, 2.24) is 9.97 Å². The molecule has 0 atom stereocenters. The van der Waals surface area contributed by atoms with E-state index < -0.39 is 0 Å². The van der Waals surface area contributed by atoms with Crippen LogP contribution < -0.4 is 0 Å². The van der Waals surface area contributed by atoms with E-state index in [1.54, 1.807) is 6.33 Å². The van der Waals surface area contributed by atoms with E-state index in [0.717, 1.165) is 59.0 Å². The van der Waals surface area contributed by atoms with E-state index in [4.69, 9.17) is 9.97 Å². The molecule has 50 heavy (non-hydrogen) atoms. The molecule has 5 aromatic rings. The van der Waals surface area contributed by atoms with Crippen molar-refractivity contribution in [2.75, 3.05) is 0 Å². The van der Waals surface area contributed by atoms with Gasteiger partial charge in [-0.15, -0.1) is 41.0 Å². The van der Waals surface area contributed by atoms with Gasteiger partial charge in [-0.3, -0.25) is 9.78 Å². The van der Waals surface area contributed by atoms with Crippen LogP contribution in [0.2, 0.25) is 0 Å². The largest absolute Gasteiger partial charge is 0.512 e. The first-order valence-electron chi connectivity index (χ1n) is 18.0. The summed E-state index contributed by atoms with van der Waals surface area (Å²) in [4.78, 5) is 22.6. The first kappa shape index (κ1) is 39.6. The Labute approximate surface area is 317 Å². The molecule has 0 saturated heterocycles. The number of carbonyl (C=O) groups excluding carboxylic acids is 1. The SMILES string of the molecule is CCC(CC)C(=O)/C=C(\O)C(CC)CC.Cc1ccc2ccc(-c3ncnc4c5c(sc34)-c3cc(CC(C)(C)C)ccc3C5(C)C)[c-]c2c1.[Ir]. The monoisotopic (exact) mass is 866 g/mol. The summed E-state index contributed by atoms with van der Waals surface area (Å²) in [7, 11) is 0. The van der Waals surface area contributed by atoms with E-state index in [0.29, 0.717) is 0 Å². The van der Waals surface area contributed by atoms with Crippen molar-refractivity contribution < 1.29 is 30.0 Å².